The summed E-state index contributed by atoms with van der Waals surface area (Å²) in [5, 5.41) is 7.57. The molecule has 0 spiro atoms. The lowest BCUT2D eigenvalue weighted by atomic mass is 10.1. The van der Waals surface area contributed by atoms with E-state index < -0.39 is 0 Å². The molecule has 0 radical (unpaired) electrons. The molecular formula is C13H26O3. The van der Waals surface area contributed by atoms with Gasteiger partial charge in [0.05, 0.1) is 0 Å². The van der Waals surface area contributed by atoms with Crippen LogP contribution in [0.25, 0.3) is 0 Å². The maximum Gasteiger partial charge on any atom is 0.330 e. The molecular weight excluding hydrogens is 204 g/mol. The largest absolute Gasteiger partial charge is 0.459 e. The van der Waals surface area contributed by atoms with Crippen LogP contribution in [0.5, 0.6) is 0 Å². The second-order valence-electron chi connectivity index (χ2n) is 3.48. The summed E-state index contributed by atoms with van der Waals surface area (Å²) in [7, 11) is 0. The number of esters is 1. The van der Waals surface area contributed by atoms with Crippen LogP contribution in [0, 0.1) is 0 Å². The van der Waals surface area contributed by atoms with Crippen LogP contribution in [-0.4, -0.2) is 23.8 Å². The van der Waals surface area contributed by atoms with Crippen LogP contribution in [0.2, 0.25) is 0 Å². The minimum Gasteiger partial charge on any atom is -0.459 e. The van der Waals surface area contributed by atoms with E-state index >= 15 is 0 Å². The molecule has 0 aromatic rings. The SMILES string of the molecule is C=CC(=O)OC(CC)CCCCC.CCO. The predicted molar refractivity (Wildman–Crippen MR) is 67.3 cm³/mol. The monoisotopic (exact) mass is 230 g/mol. The Kier molecular flexibility index (Phi) is 15.6. The summed E-state index contributed by atoms with van der Waals surface area (Å²) >= 11 is 0. The van der Waals surface area contributed by atoms with E-state index in [0.29, 0.717) is 0 Å². The fourth-order valence-corrected chi connectivity index (χ4v) is 1.18. The maximum absolute atomic E-state index is 10.9. The van der Waals surface area contributed by atoms with Crippen molar-refractivity contribution in [1.82, 2.24) is 0 Å². The molecule has 3 heteroatoms. The van der Waals surface area contributed by atoms with Gasteiger partial charge in [-0.15, -0.1) is 0 Å². The number of carbonyl (C=O) groups is 1. The highest BCUT2D eigenvalue weighted by Gasteiger charge is 2.08. The Labute approximate surface area is 99.5 Å². The van der Waals surface area contributed by atoms with Crippen LogP contribution in [-0.2, 0) is 9.53 Å². The number of hydrogen-bond donors (Lipinski definition) is 1. The number of carbonyl (C=O) groups excluding carboxylic acids is 1. The lowest BCUT2D eigenvalue weighted by Crippen LogP contribution is -2.15. The van der Waals surface area contributed by atoms with E-state index in [4.69, 9.17) is 9.84 Å². The zero-order chi connectivity index (χ0) is 12.8. The Hall–Kier alpha value is -0.830. The first-order chi connectivity index (χ1) is 7.65. The van der Waals surface area contributed by atoms with Crippen molar-refractivity contribution in [2.75, 3.05) is 6.61 Å². The third-order valence-corrected chi connectivity index (χ3v) is 2.03. The van der Waals surface area contributed by atoms with Gasteiger partial charge in [-0.3, -0.25) is 0 Å². The average Bonchev–Trinajstić information content (AvgIpc) is 2.28. The summed E-state index contributed by atoms with van der Waals surface area (Å²) < 4.78 is 5.14. The van der Waals surface area contributed by atoms with Gasteiger partial charge >= 0.3 is 5.97 Å². The molecule has 0 rings (SSSR count). The zero-order valence-corrected chi connectivity index (χ0v) is 10.9. The summed E-state index contributed by atoms with van der Waals surface area (Å²) in [6.07, 6.45) is 6.72. The van der Waals surface area contributed by atoms with E-state index in [0.717, 1.165) is 19.3 Å². The molecule has 0 bridgehead atoms. The minimum atomic E-state index is -0.302. The third-order valence-electron chi connectivity index (χ3n) is 2.03. The van der Waals surface area contributed by atoms with Crippen molar-refractivity contribution in [3.63, 3.8) is 0 Å². The summed E-state index contributed by atoms with van der Waals surface area (Å²) in [6.45, 7) is 9.50. The molecule has 0 aromatic heterocycles. The van der Waals surface area contributed by atoms with Crippen molar-refractivity contribution in [3.05, 3.63) is 12.7 Å². The van der Waals surface area contributed by atoms with Gasteiger partial charge in [0.2, 0.25) is 0 Å². The highest BCUT2D eigenvalue weighted by Crippen LogP contribution is 2.10. The number of aliphatic hydroxyl groups excluding tert-OH is 1. The number of aliphatic hydroxyl groups is 1. The summed E-state index contributed by atoms with van der Waals surface area (Å²) in [4.78, 5) is 10.9. The molecule has 1 unspecified atom stereocenters. The van der Waals surface area contributed by atoms with Crippen LogP contribution >= 0.6 is 0 Å². The molecule has 96 valence electrons. The van der Waals surface area contributed by atoms with Crippen LogP contribution in [0.1, 0.15) is 52.9 Å². The summed E-state index contributed by atoms with van der Waals surface area (Å²) in [5.41, 5.74) is 0. The van der Waals surface area contributed by atoms with E-state index in [1.165, 1.54) is 18.9 Å². The fourth-order valence-electron chi connectivity index (χ4n) is 1.18. The van der Waals surface area contributed by atoms with Gasteiger partial charge in [-0.2, -0.15) is 0 Å². The molecule has 0 saturated heterocycles. The van der Waals surface area contributed by atoms with Crippen LogP contribution < -0.4 is 0 Å². The average molecular weight is 230 g/mol. The lowest BCUT2D eigenvalue weighted by molar-refractivity contribution is -0.143. The predicted octanol–water partition coefficient (Wildman–Crippen LogP) is 3.07. The number of hydrogen-bond acceptors (Lipinski definition) is 3. The summed E-state index contributed by atoms with van der Waals surface area (Å²) in [5.74, 6) is -0.302. The van der Waals surface area contributed by atoms with Crippen molar-refractivity contribution >= 4 is 5.97 Å². The molecule has 0 aromatic carbocycles. The maximum atomic E-state index is 10.9. The Balaban J connectivity index is 0. The third kappa shape index (κ3) is 13.2. The smallest absolute Gasteiger partial charge is 0.330 e. The Morgan fingerprint density at radius 2 is 1.94 bits per heavy atom. The van der Waals surface area contributed by atoms with Crippen LogP contribution in [0.4, 0.5) is 0 Å². The minimum absolute atomic E-state index is 0.0806. The van der Waals surface area contributed by atoms with Crippen molar-refractivity contribution in [2.24, 2.45) is 0 Å². The molecule has 0 heterocycles. The quantitative estimate of drug-likeness (QED) is 0.415. The van der Waals surface area contributed by atoms with E-state index in [1.807, 2.05) is 6.92 Å². The molecule has 1 atom stereocenters. The van der Waals surface area contributed by atoms with Gasteiger partial charge in [0.15, 0.2) is 0 Å². The first kappa shape index (κ1) is 17.6. The lowest BCUT2D eigenvalue weighted by Gasteiger charge is -2.14. The zero-order valence-electron chi connectivity index (χ0n) is 10.9. The first-order valence-electron chi connectivity index (χ1n) is 6.09. The van der Waals surface area contributed by atoms with Crippen LogP contribution in [0.15, 0.2) is 12.7 Å². The van der Waals surface area contributed by atoms with E-state index in [2.05, 4.69) is 13.5 Å². The van der Waals surface area contributed by atoms with Gasteiger partial charge in [-0.05, 0) is 26.2 Å². The first-order valence-corrected chi connectivity index (χ1v) is 6.09. The molecule has 0 aliphatic heterocycles. The molecule has 0 fully saturated rings. The van der Waals surface area contributed by atoms with Crippen molar-refractivity contribution < 1.29 is 14.6 Å². The Bertz CT molecular complexity index is 167. The van der Waals surface area contributed by atoms with Gasteiger partial charge in [-0.1, -0.05) is 33.3 Å². The number of unbranched alkanes of at least 4 members (excludes halogenated alkanes) is 2. The number of ether oxygens (including phenoxy) is 1. The standard InChI is InChI=1S/C11H20O2.C2H6O/c1-4-7-8-9-10(5-2)13-11(12)6-3;1-2-3/h6,10H,3-5,7-9H2,1-2H3;3H,2H2,1H3. The molecule has 0 amide bonds. The van der Waals surface area contributed by atoms with Crippen molar-refractivity contribution in [3.8, 4) is 0 Å². The second-order valence-corrected chi connectivity index (χ2v) is 3.48. The van der Waals surface area contributed by atoms with Crippen molar-refractivity contribution in [1.29, 1.82) is 0 Å². The molecule has 16 heavy (non-hydrogen) atoms. The summed E-state index contributed by atoms with van der Waals surface area (Å²) in [6, 6.07) is 0. The van der Waals surface area contributed by atoms with Gasteiger partial charge < -0.3 is 9.84 Å². The topological polar surface area (TPSA) is 46.5 Å². The van der Waals surface area contributed by atoms with Gasteiger partial charge in [0.1, 0.15) is 6.10 Å². The van der Waals surface area contributed by atoms with Crippen molar-refractivity contribution in [2.45, 2.75) is 59.0 Å². The molecule has 1 N–H and O–H groups in total. The number of rotatable bonds is 7. The van der Waals surface area contributed by atoms with E-state index in [-0.39, 0.29) is 18.7 Å². The Morgan fingerprint density at radius 1 is 1.38 bits per heavy atom. The van der Waals surface area contributed by atoms with E-state index in [1.54, 1.807) is 6.92 Å². The second kappa shape index (κ2) is 14.2. The Morgan fingerprint density at radius 3 is 2.31 bits per heavy atom. The highest BCUT2D eigenvalue weighted by molar-refractivity contribution is 5.81. The van der Waals surface area contributed by atoms with Crippen LogP contribution in [0.3, 0.4) is 0 Å². The molecule has 3 nitrogen and oxygen atoms in total. The molecule has 0 saturated carbocycles. The molecule has 0 aliphatic rings. The van der Waals surface area contributed by atoms with E-state index in [9.17, 15) is 4.79 Å². The highest BCUT2D eigenvalue weighted by atomic mass is 16.5. The fraction of sp³-hybridized carbons (Fsp3) is 0.769. The van der Waals surface area contributed by atoms with Gasteiger partial charge in [0.25, 0.3) is 0 Å². The molecule has 0 aliphatic carbocycles. The van der Waals surface area contributed by atoms with Gasteiger partial charge in [-0.25, -0.2) is 4.79 Å². The van der Waals surface area contributed by atoms with Gasteiger partial charge in [0, 0.05) is 12.7 Å². The normalized spacial score (nSPS) is 11.0.